The molecule has 2 aliphatic carbocycles. The number of alkyl carbamates (subject to hydrolysis) is 1. The van der Waals surface area contributed by atoms with E-state index in [-0.39, 0.29) is 24.3 Å². The molecule has 2 aliphatic rings. The van der Waals surface area contributed by atoms with Crippen molar-refractivity contribution in [2.45, 2.75) is 44.4 Å². The molecule has 7 nitrogen and oxygen atoms in total. The lowest BCUT2D eigenvalue weighted by molar-refractivity contribution is 0.102. The molecule has 192 valence electrons. The molecular formula is C29H31FN4O3. The Morgan fingerprint density at radius 2 is 1.81 bits per heavy atom. The van der Waals surface area contributed by atoms with Gasteiger partial charge >= 0.3 is 6.09 Å². The molecule has 8 heteroatoms. The summed E-state index contributed by atoms with van der Waals surface area (Å²) in [6.07, 6.45) is 3.25. The van der Waals surface area contributed by atoms with Crippen molar-refractivity contribution in [2.75, 3.05) is 17.6 Å². The summed E-state index contributed by atoms with van der Waals surface area (Å²) >= 11 is 0. The number of para-hydroxylation sites is 2. The molecule has 2 saturated carbocycles. The number of hydrogen-bond acceptors (Lipinski definition) is 5. The third-order valence-electron chi connectivity index (χ3n) is 6.88. The van der Waals surface area contributed by atoms with Crippen LogP contribution in [-0.4, -0.2) is 24.6 Å². The van der Waals surface area contributed by atoms with Crippen LogP contribution in [0.15, 0.2) is 66.7 Å². The van der Waals surface area contributed by atoms with Gasteiger partial charge in [0.05, 0.1) is 11.4 Å². The van der Waals surface area contributed by atoms with Crippen LogP contribution in [0.3, 0.4) is 0 Å². The predicted octanol–water partition coefficient (Wildman–Crippen LogP) is 4.94. The van der Waals surface area contributed by atoms with Crippen molar-refractivity contribution in [3.63, 3.8) is 0 Å². The molecule has 5 rings (SSSR count). The Labute approximate surface area is 215 Å². The molecule has 0 bridgehead atoms. The molecule has 2 atom stereocenters. The van der Waals surface area contributed by atoms with Gasteiger partial charge in [0.25, 0.3) is 5.91 Å². The average molecular weight is 503 g/mol. The summed E-state index contributed by atoms with van der Waals surface area (Å²) in [5.74, 6) is 0.374. The van der Waals surface area contributed by atoms with Gasteiger partial charge in [-0.25, -0.2) is 9.18 Å². The predicted molar refractivity (Wildman–Crippen MR) is 141 cm³/mol. The maximum atomic E-state index is 14.6. The zero-order valence-electron chi connectivity index (χ0n) is 20.5. The second kappa shape index (κ2) is 11.0. The van der Waals surface area contributed by atoms with Gasteiger partial charge in [-0.05, 0) is 67.1 Å². The second-order valence-corrected chi connectivity index (χ2v) is 9.82. The molecule has 0 spiro atoms. The van der Waals surface area contributed by atoms with E-state index in [2.05, 4.69) is 28.1 Å². The number of anilines is 2. The van der Waals surface area contributed by atoms with Crippen molar-refractivity contribution in [1.82, 2.24) is 10.6 Å². The summed E-state index contributed by atoms with van der Waals surface area (Å²) < 4.78 is 19.8. The van der Waals surface area contributed by atoms with Crippen molar-refractivity contribution in [3.8, 4) is 0 Å². The lowest BCUT2D eigenvalue weighted by atomic mass is 10.1. The number of hydrogen-bond donors (Lipinski definition) is 4. The number of nitrogens with two attached hydrogens (primary N) is 1. The van der Waals surface area contributed by atoms with Crippen molar-refractivity contribution in [2.24, 2.45) is 5.92 Å². The SMILES string of the molecule is Nc1ccccc1NC(=O)c1ccc(CNC(=O)OCc2ccc(C3CC3NCC3CC3)cc2)c(F)c1. The Morgan fingerprint density at radius 3 is 2.54 bits per heavy atom. The van der Waals surface area contributed by atoms with E-state index in [0.29, 0.717) is 23.3 Å². The highest BCUT2D eigenvalue weighted by Crippen LogP contribution is 2.41. The van der Waals surface area contributed by atoms with E-state index in [1.165, 1.54) is 37.0 Å². The smallest absolute Gasteiger partial charge is 0.407 e. The molecule has 0 aliphatic heterocycles. The average Bonchev–Trinajstić information content (AvgIpc) is 3.83. The molecule has 3 aromatic carbocycles. The Kier molecular flexibility index (Phi) is 7.37. The number of carbonyl (C=O) groups excluding carboxylic acids is 2. The van der Waals surface area contributed by atoms with E-state index in [1.807, 2.05) is 12.1 Å². The third kappa shape index (κ3) is 6.65. The first-order chi connectivity index (χ1) is 18.0. The van der Waals surface area contributed by atoms with E-state index in [4.69, 9.17) is 10.5 Å². The molecule has 0 aromatic heterocycles. The molecule has 3 aromatic rings. The van der Waals surface area contributed by atoms with Gasteiger partial charge in [-0.15, -0.1) is 0 Å². The maximum absolute atomic E-state index is 14.6. The summed E-state index contributed by atoms with van der Waals surface area (Å²) in [6.45, 7) is 1.20. The van der Waals surface area contributed by atoms with Crippen molar-refractivity contribution in [3.05, 3.63) is 94.8 Å². The molecule has 5 N–H and O–H groups in total. The van der Waals surface area contributed by atoms with Crippen LogP contribution >= 0.6 is 0 Å². The molecule has 2 amide bonds. The first-order valence-electron chi connectivity index (χ1n) is 12.6. The summed E-state index contributed by atoms with van der Waals surface area (Å²) in [4.78, 5) is 24.6. The van der Waals surface area contributed by atoms with Gasteiger partial charge in [-0.3, -0.25) is 4.79 Å². The highest BCUT2D eigenvalue weighted by molar-refractivity contribution is 6.05. The number of ether oxygens (including phenoxy) is 1. The summed E-state index contributed by atoms with van der Waals surface area (Å²) in [5, 5.41) is 8.86. The lowest BCUT2D eigenvalue weighted by Gasteiger charge is -2.10. The largest absolute Gasteiger partial charge is 0.445 e. The Hall–Kier alpha value is -3.91. The van der Waals surface area contributed by atoms with Crippen LogP contribution in [-0.2, 0) is 17.9 Å². The fraction of sp³-hybridized carbons (Fsp3) is 0.310. The third-order valence-corrected chi connectivity index (χ3v) is 6.88. The van der Waals surface area contributed by atoms with E-state index in [9.17, 15) is 14.0 Å². The van der Waals surface area contributed by atoms with Gasteiger partial charge in [0.2, 0.25) is 0 Å². The first kappa shape index (κ1) is 24.8. The molecule has 37 heavy (non-hydrogen) atoms. The minimum absolute atomic E-state index is 0.0614. The number of nitrogen functional groups attached to an aromatic ring is 1. The van der Waals surface area contributed by atoms with Crippen LogP contribution in [0.25, 0.3) is 0 Å². The quantitative estimate of drug-likeness (QED) is 0.294. The molecular weight excluding hydrogens is 471 g/mol. The number of halogens is 1. The van der Waals surface area contributed by atoms with Gasteiger partial charge in [-0.1, -0.05) is 42.5 Å². The molecule has 0 heterocycles. The van der Waals surface area contributed by atoms with Gasteiger partial charge in [0.1, 0.15) is 12.4 Å². The highest BCUT2D eigenvalue weighted by atomic mass is 19.1. The van der Waals surface area contributed by atoms with Crippen molar-refractivity contribution in [1.29, 1.82) is 0 Å². The van der Waals surface area contributed by atoms with E-state index < -0.39 is 17.8 Å². The van der Waals surface area contributed by atoms with Crippen LogP contribution in [0.1, 0.15) is 52.2 Å². The normalized spacial score (nSPS) is 18.2. The summed E-state index contributed by atoms with van der Waals surface area (Å²) in [6, 6.07) is 19.6. The first-order valence-corrected chi connectivity index (χ1v) is 12.6. The zero-order valence-corrected chi connectivity index (χ0v) is 20.5. The lowest BCUT2D eigenvalue weighted by Crippen LogP contribution is -2.24. The molecule has 2 unspecified atom stereocenters. The van der Waals surface area contributed by atoms with Crippen LogP contribution < -0.4 is 21.7 Å². The highest BCUT2D eigenvalue weighted by Gasteiger charge is 2.38. The van der Waals surface area contributed by atoms with Crippen LogP contribution in [0, 0.1) is 11.7 Å². The minimum Gasteiger partial charge on any atom is -0.445 e. The topological polar surface area (TPSA) is 105 Å². The Bertz CT molecular complexity index is 1280. The van der Waals surface area contributed by atoms with E-state index in [1.54, 1.807) is 24.3 Å². The van der Waals surface area contributed by atoms with Crippen molar-refractivity contribution < 1.29 is 18.7 Å². The van der Waals surface area contributed by atoms with Gasteiger partial charge in [0, 0.05) is 29.6 Å². The van der Waals surface area contributed by atoms with Crippen molar-refractivity contribution >= 4 is 23.4 Å². The summed E-state index contributed by atoms with van der Waals surface area (Å²) in [5.41, 5.74) is 9.29. The minimum atomic E-state index is -0.642. The Balaban J connectivity index is 1.05. The fourth-order valence-corrected chi connectivity index (χ4v) is 4.29. The molecule has 0 radical (unpaired) electrons. The van der Waals surface area contributed by atoms with Crippen LogP contribution in [0.5, 0.6) is 0 Å². The van der Waals surface area contributed by atoms with Gasteiger partial charge < -0.3 is 26.4 Å². The van der Waals surface area contributed by atoms with E-state index >= 15 is 0 Å². The zero-order chi connectivity index (χ0) is 25.8. The van der Waals surface area contributed by atoms with Gasteiger partial charge in [-0.2, -0.15) is 0 Å². The van der Waals surface area contributed by atoms with E-state index in [0.717, 1.165) is 24.1 Å². The fourth-order valence-electron chi connectivity index (χ4n) is 4.29. The summed E-state index contributed by atoms with van der Waals surface area (Å²) in [7, 11) is 0. The molecule has 2 fully saturated rings. The number of rotatable bonds is 10. The number of amides is 2. The monoisotopic (exact) mass is 502 g/mol. The number of benzene rings is 3. The van der Waals surface area contributed by atoms with Gasteiger partial charge in [0.15, 0.2) is 0 Å². The maximum Gasteiger partial charge on any atom is 0.407 e. The number of nitrogens with one attached hydrogen (secondary N) is 3. The second-order valence-electron chi connectivity index (χ2n) is 9.82. The Morgan fingerprint density at radius 1 is 1.03 bits per heavy atom. The molecule has 0 saturated heterocycles. The standard InChI is InChI=1S/C29H31FN4O3/c30-24-13-21(28(35)34-26-4-2-1-3-25(26)31)11-12-22(24)16-33-29(36)37-17-19-7-9-20(10-8-19)23-14-27(23)32-15-18-5-6-18/h1-4,7-13,18,23,27,32H,5-6,14-17,31H2,(H,33,36)(H,34,35). The number of carbonyl (C=O) groups is 2. The van der Waals surface area contributed by atoms with Crippen LogP contribution in [0.4, 0.5) is 20.6 Å². The van der Waals surface area contributed by atoms with Crippen LogP contribution in [0.2, 0.25) is 0 Å².